The fourth-order valence-corrected chi connectivity index (χ4v) is 3.23. The van der Waals surface area contributed by atoms with Gasteiger partial charge in [-0.3, -0.25) is 4.79 Å². The summed E-state index contributed by atoms with van der Waals surface area (Å²) < 4.78 is 5.47. The first-order valence-electron chi connectivity index (χ1n) is 7.37. The Morgan fingerprint density at radius 2 is 2.04 bits per heavy atom. The summed E-state index contributed by atoms with van der Waals surface area (Å²) in [5.74, 6) is 0.114. The number of hydrogen-bond donors (Lipinski definition) is 1. The van der Waals surface area contributed by atoms with Gasteiger partial charge < -0.3 is 10.1 Å². The normalized spacial score (nSPS) is 10.5. The lowest BCUT2D eigenvalue weighted by molar-refractivity contribution is 0.0946. The topological polar surface area (TPSA) is 64.1 Å². The molecule has 0 aliphatic rings. The lowest BCUT2D eigenvalue weighted by atomic mass is 10.2. The molecule has 1 amide bonds. The van der Waals surface area contributed by atoms with Crippen LogP contribution in [0, 0.1) is 0 Å². The summed E-state index contributed by atoms with van der Waals surface area (Å²) >= 11 is 13.4. The van der Waals surface area contributed by atoms with Crippen molar-refractivity contribution >= 4 is 40.4 Å². The molecule has 0 fully saturated rings. The van der Waals surface area contributed by atoms with Crippen LogP contribution in [0.3, 0.4) is 0 Å². The summed E-state index contributed by atoms with van der Waals surface area (Å²) in [7, 11) is 0. The number of hydrogen-bond acceptors (Lipinski definition) is 5. The van der Waals surface area contributed by atoms with E-state index < -0.39 is 0 Å². The van der Waals surface area contributed by atoms with Gasteiger partial charge in [0.15, 0.2) is 0 Å². The Kier molecular flexibility index (Phi) is 5.86. The summed E-state index contributed by atoms with van der Waals surface area (Å²) in [6, 6.07) is 12.3. The van der Waals surface area contributed by atoms with Crippen molar-refractivity contribution in [1.82, 2.24) is 15.5 Å². The van der Waals surface area contributed by atoms with E-state index in [-0.39, 0.29) is 12.5 Å². The smallest absolute Gasteiger partial charge is 0.252 e. The molecule has 8 heteroatoms. The highest BCUT2D eigenvalue weighted by molar-refractivity contribution is 7.13. The van der Waals surface area contributed by atoms with E-state index in [4.69, 9.17) is 27.9 Å². The molecule has 0 radical (unpaired) electrons. The van der Waals surface area contributed by atoms with Gasteiger partial charge in [0.25, 0.3) is 5.91 Å². The third kappa shape index (κ3) is 4.69. The molecule has 0 atom stereocenters. The van der Waals surface area contributed by atoms with Gasteiger partial charge in [-0.2, -0.15) is 0 Å². The van der Waals surface area contributed by atoms with Gasteiger partial charge in [0.1, 0.15) is 12.3 Å². The minimum atomic E-state index is -0.288. The van der Waals surface area contributed by atoms with E-state index in [0.29, 0.717) is 28.0 Å². The zero-order chi connectivity index (χ0) is 17.6. The van der Waals surface area contributed by atoms with Crippen molar-refractivity contribution in [3.05, 3.63) is 63.5 Å². The molecular weight excluding hydrogens is 381 g/mol. The molecule has 3 rings (SSSR count). The number of rotatable bonds is 6. The largest absolute Gasteiger partial charge is 0.475 e. The van der Waals surface area contributed by atoms with E-state index in [2.05, 4.69) is 15.5 Å². The van der Waals surface area contributed by atoms with Crippen LogP contribution in [-0.2, 0) is 0 Å². The van der Waals surface area contributed by atoms with Crippen molar-refractivity contribution < 1.29 is 9.53 Å². The molecule has 0 unspecified atom stereocenters. The van der Waals surface area contributed by atoms with E-state index in [0.717, 1.165) is 10.6 Å². The van der Waals surface area contributed by atoms with E-state index in [1.165, 1.54) is 6.07 Å². The Morgan fingerprint density at radius 3 is 2.72 bits per heavy atom. The zero-order valence-electron chi connectivity index (χ0n) is 12.9. The van der Waals surface area contributed by atoms with Gasteiger partial charge in [0, 0.05) is 11.1 Å². The quantitative estimate of drug-likeness (QED) is 0.633. The molecule has 1 aromatic carbocycles. The highest BCUT2D eigenvalue weighted by Gasteiger charge is 2.10. The number of ether oxygens (including phenoxy) is 1. The van der Waals surface area contributed by atoms with Crippen molar-refractivity contribution in [3.63, 3.8) is 0 Å². The molecule has 2 aromatic heterocycles. The summed E-state index contributed by atoms with van der Waals surface area (Å²) in [6.07, 6.45) is 0. The lowest BCUT2D eigenvalue weighted by Gasteiger charge is -2.08. The van der Waals surface area contributed by atoms with E-state index in [1.807, 2.05) is 23.6 Å². The van der Waals surface area contributed by atoms with Crippen LogP contribution in [0.5, 0.6) is 5.88 Å². The molecule has 0 bridgehead atoms. The van der Waals surface area contributed by atoms with Crippen molar-refractivity contribution in [2.75, 3.05) is 13.2 Å². The number of thiophene rings is 1. The molecule has 2 heterocycles. The molecule has 0 aliphatic heterocycles. The number of nitrogens with zero attached hydrogens (tertiary/aromatic N) is 2. The molecular formula is C17H13Cl2N3O2S. The summed E-state index contributed by atoms with van der Waals surface area (Å²) in [5, 5.41) is 13.6. The van der Waals surface area contributed by atoms with Gasteiger partial charge in [-0.05, 0) is 35.7 Å². The van der Waals surface area contributed by atoms with Crippen molar-refractivity contribution in [1.29, 1.82) is 0 Å². The van der Waals surface area contributed by atoms with Crippen molar-refractivity contribution in [2.45, 2.75) is 0 Å². The van der Waals surface area contributed by atoms with E-state index in [1.54, 1.807) is 29.5 Å². The number of nitrogens with one attached hydrogen (secondary N) is 1. The highest BCUT2D eigenvalue weighted by Crippen LogP contribution is 2.23. The van der Waals surface area contributed by atoms with Crippen LogP contribution in [0.15, 0.2) is 47.8 Å². The first kappa shape index (κ1) is 17.7. The fraction of sp³-hybridized carbons (Fsp3) is 0.118. The first-order chi connectivity index (χ1) is 12.1. The van der Waals surface area contributed by atoms with Crippen LogP contribution in [0.25, 0.3) is 10.6 Å². The Labute approximate surface area is 158 Å². The maximum Gasteiger partial charge on any atom is 0.252 e. The first-order valence-corrected chi connectivity index (χ1v) is 9.01. The maximum atomic E-state index is 12.0. The van der Waals surface area contributed by atoms with Gasteiger partial charge >= 0.3 is 0 Å². The van der Waals surface area contributed by atoms with Crippen molar-refractivity contribution in [2.24, 2.45) is 0 Å². The second kappa shape index (κ2) is 8.29. The third-order valence-corrected chi connectivity index (χ3v) is 4.67. The van der Waals surface area contributed by atoms with Crippen LogP contribution < -0.4 is 10.1 Å². The molecule has 0 saturated carbocycles. The van der Waals surface area contributed by atoms with Gasteiger partial charge in [-0.25, -0.2) is 0 Å². The van der Waals surface area contributed by atoms with Gasteiger partial charge in [-0.15, -0.1) is 21.5 Å². The fourth-order valence-electron chi connectivity index (χ4n) is 2.04. The van der Waals surface area contributed by atoms with Crippen LogP contribution in [0.4, 0.5) is 0 Å². The van der Waals surface area contributed by atoms with E-state index in [9.17, 15) is 4.79 Å². The monoisotopic (exact) mass is 393 g/mol. The molecule has 0 saturated heterocycles. The average Bonchev–Trinajstić information content (AvgIpc) is 3.13. The molecule has 1 N–H and O–H groups in total. The highest BCUT2D eigenvalue weighted by atomic mass is 35.5. The SMILES string of the molecule is O=C(NCCOc1ccc(-c2cccs2)nn1)c1ccc(Cl)cc1Cl. The van der Waals surface area contributed by atoms with Crippen LogP contribution in [0.2, 0.25) is 10.0 Å². The predicted molar refractivity (Wildman–Crippen MR) is 99.6 cm³/mol. The molecule has 3 aromatic rings. The maximum absolute atomic E-state index is 12.0. The number of amides is 1. The third-order valence-electron chi connectivity index (χ3n) is 3.23. The van der Waals surface area contributed by atoms with Crippen molar-refractivity contribution in [3.8, 4) is 16.5 Å². The standard InChI is InChI=1S/C17H13Cl2N3O2S/c18-11-3-4-12(13(19)10-11)17(23)20-7-8-24-16-6-5-14(21-22-16)15-2-1-9-25-15/h1-6,9-10H,7-8H2,(H,20,23). The molecule has 128 valence electrons. The molecule has 0 spiro atoms. The van der Waals surface area contributed by atoms with E-state index >= 15 is 0 Å². The lowest BCUT2D eigenvalue weighted by Crippen LogP contribution is -2.28. The van der Waals surface area contributed by atoms with Gasteiger partial charge in [0.2, 0.25) is 5.88 Å². The second-order valence-electron chi connectivity index (χ2n) is 4.96. The Balaban J connectivity index is 1.47. The average molecular weight is 394 g/mol. The molecule has 5 nitrogen and oxygen atoms in total. The minimum absolute atomic E-state index is 0.268. The van der Waals surface area contributed by atoms with Gasteiger partial charge in [-0.1, -0.05) is 29.3 Å². The van der Waals surface area contributed by atoms with Crippen LogP contribution in [0.1, 0.15) is 10.4 Å². The second-order valence-corrected chi connectivity index (χ2v) is 6.75. The predicted octanol–water partition coefficient (Wildman–Crippen LogP) is 4.32. The Bertz CT molecular complexity index is 855. The summed E-state index contributed by atoms with van der Waals surface area (Å²) in [5.41, 5.74) is 1.17. The Morgan fingerprint density at radius 1 is 1.16 bits per heavy atom. The summed E-state index contributed by atoms with van der Waals surface area (Å²) in [4.78, 5) is 13.1. The number of carbonyl (C=O) groups excluding carboxylic acids is 1. The Hall–Kier alpha value is -2.15. The zero-order valence-corrected chi connectivity index (χ0v) is 15.2. The van der Waals surface area contributed by atoms with Crippen LogP contribution >= 0.6 is 34.5 Å². The molecule has 0 aliphatic carbocycles. The van der Waals surface area contributed by atoms with Crippen LogP contribution in [-0.4, -0.2) is 29.3 Å². The summed E-state index contributed by atoms with van der Waals surface area (Å²) in [6.45, 7) is 0.579. The molecule has 25 heavy (non-hydrogen) atoms. The minimum Gasteiger partial charge on any atom is -0.475 e. The number of carbonyl (C=O) groups is 1. The van der Waals surface area contributed by atoms with Gasteiger partial charge in [0.05, 0.1) is 22.0 Å². The number of aromatic nitrogens is 2. The number of benzene rings is 1. The number of halogens is 2.